The second kappa shape index (κ2) is 7.40. The van der Waals surface area contributed by atoms with Crippen molar-refractivity contribution in [1.82, 2.24) is 0 Å². The second-order valence-corrected chi connectivity index (χ2v) is 4.56. The van der Waals surface area contributed by atoms with E-state index in [0.717, 1.165) is 12.1 Å². The summed E-state index contributed by atoms with van der Waals surface area (Å²) in [5.41, 5.74) is 0.616. The summed E-state index contributed by atoms with van der Waals surface area (Å²) in [4.78, 5) is 11.8. The first-order valence-corrected chi connectivity index (χ1v) is 6.69. The lowest BCUT2D eigenvalue weighted by Crippen LogP contribution is -2.09. The first-order chi connectivity index (χ1) is 11.0. The zero-order chi connectivity index (χ0) is 16.8. The highest BCUT2D eigenvalue weighted by molar-refractivity contribution is 6.02. The Morgan fingerprint density at radius 2 is 1.78 bits per heavy atom. The SMILES string of the molecule is COc1ccc(C=CC(=O)Nc2ccc(F)cc2F)cc1OC. The maximum atomic E-state index is 13.4. The third kappa shape index (κ3) is 4.29. The van der Waals surface area contributed by atoms with Gasteiger partial charge in [0.05, 0.1) is 19.9 Å². The fourth-order valence-corrected chi connectivity index (χ4v) is 1.89. The molecule has 6 heteroatoms. The minimum Gasteiger partial charge on any atom is -0.493 e. The van der Waals surface area contributed by atoms with E-state index in [1.54, 1.807) is 24.3 Å². The molecule has 1 N–H and O–H groups in total. The highest BCUT2D eigenvalue weighted by atomic mass is 19.1. The van der Waals surface area contributed by atoms with Gasteiger partial charge in [0.25, 0.3) is 0 Å². The summed E-state index contributed by atoms with van der Waals surface area (Å²) in [5, 5.41) is 2.34. The lowest BCUT2D eigenvalue weighted by atomic mass is 10.2. The number of benzene rings is 2. The second-order valence-electron chi connectivity index (χ2n) is 4.56. The molecule has 0 unspecified atom stereocenters. The quantitative estimate of drug-likeness (QED) is 0.856. The van der Waals surface area contributed by atoms with E-state index in [-0.39, 0.29) is 5.69 Å². The molecule has 4 nitrogen and oxygen atoms in total. The Kier molecular flexibility index (Phi) is 5.30. The van der Waals surface area contributed by atoms with E-state index >= 15 is 0 Å². The van der Waals surface area contributed by atoms with Crippen molar-refractivity contribution in [1.29, 1.82) is 0 Å². The van der Waals surface area contributed by atoms with Crippen LogP contribution in [0.1, 0.15) is 5.56 Å². The molecular weight excluding hydrogens is 304 g/mol. The molecule has 0 heterocycles. The van der Waals surface area contributed by atoms with Crippen molar-refractivity contribution < 1.29 is 23.0 Å². The normalized spacial score (nSPS) is 10.6. The predicted molar refractivity (Wildman–Crippen MR) is 83.6 cm³/mol. The number of halogens is 2. The van der Waals surface area contributed by atoms with Crippen molar-refractivity contribution >= 4 is 17.7 Å². The molecule has 2 rings (SSSR count). The molecule has 23 heavy (non-hydrogen) atoms. The number of amides is 1. The summed E-state index contributed by atoms with van der Waals surface area (Å²) < 4.78 is 36.5. The van der Waals surface area contributed by atoms with Gasteiger partial charge in [-0.15, -0.1) is 0 Å². The number of carbonyl (C=O) groups is 1. The van der Waals surface area contributed by atoms with Gasteiger partial charge in [-0.2, -0.15) is 0 Å². The predicted octanol–water partition coefficient (Wildman–Crippen LogP) is 3.63. The highest BCUT2D eigenvalue weighted by Crippen LogP contribution is 2.28. The number of nitrogens with one attached hydrogen (secondary N) is 1. The van der Waals surface area contributed by atoms with Crippen LogP contribution in [0, 0.1) is 11.6 Å². The molecule has 2 aromatic carbocycles. The third-order valence-corrected chi connectivity index (χ3v) is 3.02. The van der Waals surface area contributed by atoms with Crippen LogP contribution in [0.5, 0.6) is 11.5 Å². The molecule has 0 saturated heterocycles. The van der Waals surface area contributed by atoms with Crippen LogP contribution in [0.3, 0.4) is 0 Å². The van der Waals surface area contributed by atoms with Gasteiger partial charge in [-0.05, 0) is 35.9 Å². The van der Waals surface area contributed by atoms with E-state index in [1.807, 2.05) is 0 Å². The number of anilines is 1. The maximum absolute atomic E-state index is 13.4. The molecule has 0 spiro atoms. The van der Waals surface area contributed by atoms with Crippen LogP contribution in [0.4, 0.5) is 14.5 Å². The van der Waals surface area contributed by atoms with Gasteiger partial charge in [0.2, 0.25) is 5.91 Å². The van der Waals surface area contributed by atoms with Gasteiger partial charge in [0.1, 0.15) is 11.6 Å². The molecular formula is C17H15F2NO3. The largest absolute Gasteiger partial charge is 0.493 e. The first kappa shape index (κ1) is 16.5. The van der Waals surface area contributed by atoms with E-state index < -0.39 is 17.5 Å². The topological polar surface area (TPSA) is 47.6 Å². The van der Waals surface area contributed by atoms with Gasteiger partial charge >= 0.3 is 0 Å². The molecule has 0 aliphatic carbocycles. The minimum atomic E-state index is -0.835. The number of carbonyl (C=O) groups excluding carboxylic acids is 1. The lowest BCUT2D eigenvalue weighted by molar-refractivity contribution is -0.111. The van der Waals surface area contributed by atoms with Crippen LogP contribution in [0.15, 0.2) is 42.5 Å². The van der Waals surface area contributed by atoms with Crippen LogP contribution in [0.2, 0.25) is 0 Å². The Balaban J connectivity index is 2.09. The molecule has 0 aromatic heterocycles. The lowest BCUT2D eigenvalue weighted by Gasteiger charge is -2.07. The number of ether oxygens (including phenoxy) is 2. The maximum Gasteiger partial charge on any atom is 0.248 e. The van der Waals surface area contributed by atoms with Gasteiger partial charge in [-0.25, -0.2) is 8.78 Å². The molecule has 0 bridgehead atoms. The molecule has 0 aliphatic rings. The minimum absolute atomic E-state index is 0.0895. The Morgan fingerprint density at radius 1 is 1.04 bits per heavy atom. The average molecular weight is 319 g/mol. The Labute approximate surface area is 132 Å². The van der Waals surface area contributed by atoms with E-state index in [9.17, 15) is 13.6 Å². The highest BCUT2D eigenvalue weighted by Gasteiger charge is 2.06. The monoisotopic (exact) mass is 319 g/mol. The summed E-state index contributed by atoms with van der Waals surface area (Å²) in [6.45, 7) is 0. The third-order valence-electron chi connectivity index (χ3n) is 3.02. The number of methoxy groups -OCH3 is 2. The molecule has 0 saturated carbocycles. The summed E-state index contributed by atoms with van der Waals surface area (Å²) >= 11 is 0. The number of hydrogen-bond donors (Lipinski definition) is 1. The molecule has 120 valence electrons. The fraction of sp³-hybridized carbons (Fsp3) is 0.118. The zero-order valence-electron chi connectivity index (χ0n) is 12.6. The number of hydrogen-bond acceptors (Lipinski definition) is 3. The van der Waals surface area contributed by atoms with Crippen molar-refractivity contribution in [3.05, 3.63) is 59.7 Å². The Morgan fingerprint density at radius 3 is 2.43 bits per heavy atom. The molecule has 0 radical (unpaired) electrons. The van der Waals surface area contributed by atoms with Gasteiger partial charge in [-0.3, -0.25) is 4.79 Å². The molecule has 0 fully saturated rings. The van der Waals surface area contributed by atoms with E-state index in [0.29, 0.717) is 23.1 Å². The van der Waals surface area contributed by atoms with Crippen LogP contribution >= 0.6 is 0 Å². The van der Waals surface area contributed by atoms with Gasteiger partial charge in [-0.1, -0.05) is 6.07 Å². The average Bonchev–Trinajstić information content (AvgIpc) is 2.55. The molecule has 0 aliphatic heterocycles. The molecule has 2 aromatic rings. The summed E-state index contributed by atoms with van der Waals surface area (Å²) in [5.74, 6) is -0.980. The smallest absolute Gasteiger partial charge is 0.248 e. The zero-order valence-corrected chi connectivity index (χ0v) is 12.6. The van der Waals surface area contributed by atoms with Crippen LogP contribution in [-0.2, 0) is 4.79 Å². The molecule has 0 atom stereocenters. The van der Waals surface area contributed by atoms with Crippen molar-refractivity contribution in [3.8, 4) is 11.5 Å². The van der Waals surface area contributed by atoms with Crippen LogP contribution in [-0.4, -0.2) is 20.1 Å². The van der Waals surface area contributed by atoms with E-state index in [2.05, 4.69) is 5.32 Å². The number of rotatable bonds is 5. The van der Waals surface area contributed by atoms with Gasteiger partial charge < -0.3 is 14.8 Å². The van der Waals surface area contributed by atoms with E-state index in [1.165, 1.54) is 20.3 Å². The van der Waals surface area contributed by atoms with Gasteiger partial charge in [0, 0.05) is 12.1 Å². The summed E-state index contributed by atoms with van der Waals surface area (Å²) in [6, 6.07) is 8.07. The van der Waals surface area contributed by atoms with Crippen molar-refractivity contribution in [3.63, 3.8) is 0 Å². The molecule has 1 amide bonds. The first-order valence-electron chi connectivity index (χ1n) is 6.69. The summed E-state index contributed by atoms with van der Waals surface area (Å²) in [7, 11) is 3.04. The summed E-state index contributed by atoms with van der Waals surface area (Å²) in [6.07, 6.45) is 2.78. The fourth-order valence-electron chi connectivity index (χ4n) is 1.89. The van der Waals surface area contributed by atoms with Crippen molar-refractivity contribution in [2.45, 2.75) is 0 Å². The van der Waals surface area contributed by atoms with E-state index in [4.69, 9.17) is 9.47 Å². The Hall–Kier alpha value is -2.89. The van der Waals surface area contributed by atoms with Crippen molar-refractivity contribution in [2.24, 2.45) is 0 Å². The Bertz CT molecular complexity index is 745. The standard InChI is InChI=1S/C17H15F2NO3/c1-22-15-7-3-11(9-16(15)23-2)4-8-17(21)20-14-6-5-12(18)10-13(14)19/h3-10H,1-2H3,(H,20,21). The van der Waals surface area contributed by atoms with Crippen molar-refractivity contribution in [2.75, 3.05) is 19.5 Å². The van der Waals surface area contributed by atoms with Gasteiger partial charge in [0.15, 0.2) is 11.5 Å². The van der Waals surface area contributed by atoms with Crippen LogP contribution < -0.4 is 14.8 Å². The van der Waals surface area contributed by atoms with Crippen LogP contribution in [0.25, 0.3) is 6.08 Å².